The number of nitrogens with zero attached hydrogens (tertiary/aromatic N) is 4. The summed E-state index contributed by atoms with van der Waals surface area (Å²) >= 11 is 0. The fraction of sp³-hybridized carbons (Fsp3) is 0.708. The predicted octanol–water partition coefficient (Wildman–Crippen LogP) is 4.94. The number of rotatable bonds is 13. The standard InChI is InChI=1S/C24H43N5/c1-8-28(9-2)21(18-19(3)4)14-16-25-24-22-12-10-11-13-23(22)29(26-24)17-15-20(5)27(6)7/h10-13,19-21H,8-9,14-18H2,1-7H3,(H,25,26). The summed E-state index contributed by atoms with van der Waals surface area (Å²) in [6.07, 6.45) is 3.50. The molecule has 29 heavy (non-hydrogen) atoms. The monoisotopic (exact) mass is 401 g/mol. The van der Waals surface area contributed by atoms with Crippen LogP contribution in [0.2, 0.25) is 0 Å². The first-order valence-electron chi connectivity index (χ1n) is 11.5. The van der Waals surface area contributed by atoms with Gasteiger partial charge in [0.1, 0.15) is 0 Å². The van der Waals surface area contributed by atoms with Gasteiger partial charge in [0.15, 0.2) is 5.82 Å². The van der Waals surface area contributed by atoms with E-state index >= 15 is 0 Å². The molecule has 1 aromatic carbocycles. The molecule has 1 heterocycles. The highest BCUT2D eigenvalue weighted by Crippen LogP contribution is 2.24. The van der Waals surface area contributed by atoms with E-state index in [0.717, 1.165) is 50.8 Å². The highest BCUT2D eigenvalue weighted by molar-refractivity contribution is 5.90. The van der Waals surface area contributed by atoms with Crippen LogP contribution >= 0.6 is 0 Å². The molecular formula is C24H43N5. The summed E-state index contributed by atoms with van der Waals surface area (Å²) in [7, 11) is 4.28. The highest BCUT2D eigenvalue weighted by Gasteiger charge is 2.18. The van der Waals surface area contributed by atoms with Gasteiger partial charge in [-0.3, -0.25) is 4.68 Å². The Hall–Kier alpha value is -1.59. The van der Waals surface area contributed by atoms with Crippen molar-refractivity contribution >= 4 is 16.7 Å². The molecule has 2 unspecified atom stereocenters. The third-order valence-electron chi connectivity index (χ3n) is 6.14. The van der Waals surface area contributed by atoms with Crippen LogP contribution in [0.5, 0.6) is 0 Å². The second kappa shape index (κ2) is 11.6. The molecule has 2 rings (SSSR count). The van der Waals surface area contributed by atoms with Crippen molar-refractivity contribution in [1.29, 1.82) is 0 Å². The Labute approximate surface area is 178 Å². The number of benzene rings is 1. The van der Waals surface area contributed by atoms with Gasteiger partial charge >= 0.3 is 0 Å². The van der Waals surface area contributed by atoms with E-state index in [0.29, 0.717) is 12.1 Å². The molecule has 164 valence electrons. The van der Waals surface area contributed by atoms with E-state index in [4.69, 9.17) is 5.10 Å². The first-order valence-corrected chi connectivity index (χ1v) is 11.5. The zero-order valence-electron chi connectivity index (χ0n) is 19.8. The van der Waals surface area contributed by atoms with Gasteiger partial charge < -0.3 is 15.1 Å². The molecule has 2 atom stereocenters. The molecule has 0 amide bonds. The number of hydrogen-bond acceptors (Lipinski definition) is 4. The summed E-state index contributed by atoms with van der Waals surface area (Å²) in [4.78, 5) is 4.87. The molecule has 0 radical (unpaired) electrons. The van der Waals surface area contributed by atoms with E-state index in [9.17, 15) is 0 Å². The van der Waals surface area contributed by atoms with Crippen molar-refractivity contribution in [3.8, 4) is 0 Å². The van der Waals surface area contributed by atoms with E-state index in [2.05, 4.69) is 92.8 Å². The van der Waals surface area contributed by atoms with Crippen LogP contribution in [0.4, 0.5) is 5.82 Å². The Bertz CT molecular complexity index is 717. The molecule has 0 aliphatic heterocycles. The fourth-order valence-electron chi connectivity index (χ4n) is 4.09. The first kappa shape index (κ1) is 23.7. The minimum atomic E-state index is 0.542. The lowest BCUT2D eigenvalue weighted by Gasteiger charge is -2.31. The lowest BCUT2D eigenvalue weighted by molar-refractivity contribution is 0.184. The largest absolute Gasteiger partial charge is 0.368 e. The van der Waals surface area contributed by atoms with Crippen molar-refractivity contribution < 1.29 is 0 Å². The summed E-state index contributed by atoms with van der Waals surface area (Å²) in [6.45, 7) is 15.6. The summed E-state index contributed by atoms with van der Waals surface area (Å²) in [5, 5.41) is 9.82. The van der Waals surface area contributed by atoms with Gasteiger partial charge in [-0.25, -0.2) is 0 Å². The van der Waals surface area contributed by atoms with Crippen LogP contribution in [0.3, 0.4) is 0 Å². The predicted molar refractivity (Wildman–Crippen MR) is 127 cm³/mol. The Balaban J connectivity index is 2.07. The maximum Gasteiger partial charge on any atom is 0.155 e. The normalized spacial score (nSPS) is 14.3. The molecule has 1 aromatic heterocycles. The van der Waals surface area contributed by atoms with Gasteiger partial charge in [0.2, 0.25) is 0 Å². The van der Waals surface area contributed by atoms with Gasteiger partial charge in [-0.2, -0.15) is 5.10 Å². The molecule has 5 nitrogen and oxygen atoms in total. The van der Waals surface area contributed by atoms with Crippen LogP contribution in [-0.4, -0.2) is 65.4 Å². The number of anilines is 1. The molecule has 0 saturated carbocycles. The van der Waals surface area contributed by atoms with Gasteiger partial charge in [-0.15, -0.1) is 0 Å². The van der Waals surface area contributed by atoms with Crippen molar-refractivity contribution in [2.24, 2.45) is 5.92 Å². The van der Waals surface area contributed by atoms with E-state index in [1.54, 1.807) is 0 Å². The molecule has 2 aromatic rings. The number of fused-ring (bicyclic) bond motifs is 1. The van der Waals surface area contributed by atoms with Crippen molar-refractivity contribution in [3.05, 3.63) is 24.3 Å². The van der Waals surface area contributed by atoms with Crippen molar-refractivity contribution in [2.45, 2.75) is 72.5 Å². The fourth-order valence-corrected chi connectivity index (χ4v) is 4.09. The Morgan fingerprint density at radius 3 is 2.34 bits per heavy atom. The first-order chi connectivity index (χ1) is 13.9. The van der Waals surface area contributed by atoms with Gasteiger partial charge in [0.25, 0.3) is 0 Å². The van der Waals surface area contributed by atoms with Crippen molar-refractivity contribution in [3.63, 3.8) is 0 Å². The Morgan fingerprint density at radius 1 is 1.03 bits per heavy atom. The number of aryl methyl sites for hydroxylation is 1. The smallest absolute Gasteiger partial charge is 0.155 e. The average Bonchev–Trinajstić information content (AvgIpc) is 3.04. The van der Waals surface area contributed by atoms with E-state index < -0.39 is 0 Å². The number of para-hydroxylation sites is 1. The summed E-state index contributed by atoms with van der Waals surface area (Å²) < 4.78 is 2.17. The minimum absolute atomic E-state index is 0.542. The van der Waals surface area contributed by atoms with Crippen LogP contribution in [0.25, 0.3) is 10.9 Å². The summed E-state index contributed by atoms with van der Waals surface area (Å²) in [6, 6.07) is 9.77. The minimum Gasteiger partial charge on any atom is -0.368 e. The van der Waals surface area contributed by atoms with Crippen molar-refractivity contribution in [2.75, 3.05) is 39.0 Å². The molecule has 0 bridgehead atoms. The lowest BCUT2D eigenvalue weighted by Crippen LogP contribution is -2.37. The van der Waals surface area contributed by atoms with Gasteiger partial charge in [0, 0.05) is 30.6 Å². The SMILES string of the molecule is CCN(CC)C(CCNc1nn(CCC(C)N(C)C)c2ccccc12)CC(C)C. The molecule has 0 fully saturated rings. The number of aromatic nitrogens is 2. The second-order valence-corrected chi connectivity index (χ2v) is 8.91. The van der Waals surface area contributed by atoms with Gasteiger partial charge in [0.05, 0.1) is 5.52 Å². The Morgan fingerprint density at radius 2 is 1.72 bits per heavy atom. The van der Waals surface area contributed by atoms with E-state index in [1.165, 1.54) is 17.3 Å². The highest BCUT2D eigenvalue weighted by atomic mass is 15.3. The van der Waals surface area contributed by atoms with Crippen molar-refractivity contribution in [1.82, 2.24) is 19.6 Å². The number of nitrogens with one attached hydrogen (secondary N) is 1. The molecular weight excluding hydrogens is 358 g/mol. The van der Waals surface area contributed by atoms with Crippen LogP contribution in [0.15, 0.2) is 24.3 Å². The Kier molecular flexibility index (Phi) is 9.44. The van der Waals surface area contributed by atoms with E-state index in [1.807, 2.05) is 0 Å². The maximum atomic E-state index is 4.94. The van der Waals surface area contributed by atoms with Crippen LogP contribution in [-0.2, 0) is 6.54 Å². The third kappa shape index (κ3) is 6.71. The van der Waals surface area contributed by atoms with Gasteiger partial charge in [-0.1, -0.05) is 39.8 Å². The zero-order chi connectivity index (χ0) is 21.4. The quantitative estimate of drug-likeness (QED) is 0.516. The molecule has 0 aliphatic rings. The summed E-state index contributed by atoms with van der Waals surface area (Å²) in [5.41, 5.74) is 1.23. The topological polar surface area (TPSA) is 36.3 Å². The summed E-state index contributed by atoms with van der Waals surface area (Å²) in [5.74, 6) is 1.75. The molecule has 0 spiro atoms. The zero-order valence-corrected chi connectivity index (χ0v) is 19.8. The lowest BCUT2D eigenvalue weighted by atomic mass is 9.99. The molecule has 0 saturated heterocycles. The second-order valence-electron chi connectivity index (χ2n) is 8.91. The maximum absolute atomic E-state index is 4.94. The third-order valence-corrected chi connectivity index (χ3v) is 6.14. The molecule has 1 N–H and O–H groups in total. The van der Waals surface area contributed by atoms with E-state index in [-0.39, 0.29) is 0 Å². The molecule has 5 heteroatoms. The van der Waals surface area contributed by atoms with Crippen LogP contribution in [0.1, 0.15) is 53.9 Å². The average molecular weight is 402 g/mol. The van der Waals surface area contributed by atoms with Crippen LogP contribution < -0.4 is 5.32 Å². The molecule has 0 aliphatic carbocycles. The van der Waals surface area contributed by atoms with Crippen LogP contribution in [0, 0.1) is 5.92 Å². The number of hydrogen-bond donors (Lipinski definition) is 1. The van der Waals surface area contributed by atoms with Gasteiger partial charge in [-0.05, 0) is 71.4 Å².